The summed E-state index contributed by atoms with van der Waals surface area (Å²) in [5.74, 6) is 2.11. The van der Waals surface area contributed by atoms with Crippen molar-refractivity contribution in [1.29, 1.82) is 0 Å². The third-order valence-electron chi connectivity index (χ3n) is 2.85. The molecule has 0 amide bonds. The van der Waals surface area contributed by atoms with Crippen molar-refractivity contribution in [2.75, 3.05) is 5.88 Å². The molecule has 0 bridgehead atoms. The Labute approximate surface area is 107 Å². The Morgan fingerprint density at radius 3 is 2.53 bits per heavy atom. The Kier molecular flexibility index (Phi) is 3.85. The highest BCUT2D eigenvalue weighted by molar-refractivity contribution is 6.17. The zero-order chi connectivity index (χ0) is 12.3. The van der Waals surface area contributed by atoms with Gasteiger partial charge in [0, 0.05) is 12.3 Å². The monoisotopic (exact) mass is 248 g/mol. The molecule has 0 spiro atoms. The zero-order valence-corrected chi connectivity index (χ0v) is 11.0. The number of aromatic amines is 1. The average molecular weight is 249 g/mol. The van der Waals surface area contributed by atoms with Crippen LogP contribution < -0.4 is 0 Å². The van der Waals surface area contributed by atoms with E-state index in [9.17, 15) is 0 Å². The van der Waals surface area contributed by atoms with Crippen molar-refractivity contribution < 1.29 is 0 Å². The van der Waals surface area contributed by atoms with E-state index in [4.69, 9.17) is 11.6 Å². The van der Waals surface area contributed by atoms with Crippen molar-refractivity contribution in [1.82, 2.24) is 9.97 Å². The summed E-state index contributed by atoms with van der Waals surface area (Å²) in [7, 11) is 0. The van der Waals surface area contributed by atoms with Gasteiger partial charge < -0.3 is 4.98 Å². The van der Waals surface area contributed by atoms with E-state index in [1.165, 1.54) is 11.1 Å². The van der Waals surface area contributed by atoms with Crippen molar-refractivity contribution in [2.24, 2.45) is 0 Å². The molecule has 2 aromatic rings. The van der Waals surface area contributed by atoms with Gasteiger partial charge in [-0.25, -0.2) is 4.98 Å². The molecule has 90 valence electrons. The van der Waals surface area contributed by atoms with Crippen molar-refractivity contribution >= 4 is 11.6 Å². The summed E-state index contributed by atoms with van der Waals surface area (Å²) in [6.07, 6.45) is 2.65. The summed E-state index contributed by atoms with van der Waals surface area (Å²) in [4.78, 5) is 7.58. The quantitative estimate of drug-likeness (QED) is 0.815. The number of hydrogen-bond acceptors (Lipinski definition) is 1. The van der Waals surface area contributed by atoms with Gasteiger partial charge in [0.2, 0.25) is 0 Å². The number of halogens is 1. The number of H-pyrrole nitrogens is 1. The fourth-order valence-electron chi connectivity index (χ4n) is 1.77. The maximum atomic E-state index is 5.69. The van der Waals surface area contributed by atoms with Crippen LogP contribution in [0, 0.1) is 0 Å². The first-order valence-electron chi connectivity index (χ1n) is 5.91. The number of rotatable bonds is 4. The van der Waals surface area contributed by atoms with Crippen LogP contribution >= 0.6 is 11.6 Å². The largest absolute Gasteiger partial charge is 0.342 e. The van der Waals surface area contributed by atoms with Gasteiger partial charge in [0.25, 0.3) is 0 Å². The molecule has 1 aromatic carbocycles. The first kappa shape index (κ1) is 12.2. The first-order valence-corrected chi connectivity index (χ1v) is 6.44. The fourth-order valence-corrected chi connectivity index (χ4v) is 1.95. The maximum absolute atomic E-state index is 5.69. The van der Waals surface area contributed by atoms with Gasteiger partial charge in [0.15, 0.2) is 0 Å². The molecule has 0 saturated carbocycles. The van der Waals surface area contributed by atoms with Crippen molar-refractivity contribution in [3.8, 4) is 11.3 Å². The van der Waals surface area contributed by atoms with Gasteiger partial charge in [-0.05, 0) is 17.0 Å². The minimum absolute atomic E-state index is 0.567. The van der Waals surface area contributed by atoms with Gasteiger partial charge in [0.05, 0.1) is 11.9 Å². The number of imidazole rings is 1. The van der Waals surface area contributed by atoms with E-state index in [1.807, 2.05) is 6.20 Å². The average Bonchev–Trinajstić information content (AvgIpc) is 2.78. The summed E-state index contributed by atoms with van der Waals surface area (Å²) < 4.78 is 0. The van der Waals surface area contributed by atoms with E-state index in [-0.39, 0.29) is 0 Å². The number of aromatic nitrogens is 2. The lowest BCUT2D eigenvalue weighted by molar-refractivity contribution is 0.867. The van der Waals surface area contributed by atoms with Crippen LogP contribution in [-0.4, -0.2) is 15.8 Å². The molecular formula is C14H17ClN2. The summed E-state index contributed by atoms with van der Waals surface area (Å²) in [6, 6.07) is 8.60. The topological polar surface area (TPSA) is 28.7 Å². The lowest BCUT2D eigenvalue weighted by Crippen LogP contribution is -1.89. The van der Waals surface area contributed by atoms with Gasteiger partial charge in [-0.3, -0.25) is 0 Å². The molecule has 0 aliphatic rings. The number of nitrogens with zero attached hydrogens (tertiary/aromatic N) is 1. The molecular weight excluding hydrogens is 232 g/mol. The van der Waals surface area contributed by atoms with E-state index in [2.05, 4.69) is 48.1 Å². The van der Waals surface area contributed by atoms with Gasteiger partial charge in [-0.1, -0.05) is 38.1 Å². The highest BCUT2D eigenvalue weighted by Gasteiger charge is 2.04. The Balaban J connectivity index is 2.21. The van der Waals surface area contributed by atoms with Crippen LogP contribution in [0.15, 0.2) is 30.5 Å². The summed E-state index contributed by atoms with van der Waals surface area (Å²) in [6.45, 7) is 4.40. The molecule has 17 heavy (non-hydrogen) atoms. The van der Waals surface area contributed by atoms with Crippen LogP contribution in [0.4, 0.5) is 0 Å². The normalized spacial score (nSPS) is 11.1. The summed E-state index contributed by atoms with van der Waals surface area (Å²) in [5.41, 5.74) is 3.58. The highest BCUT2D eigenvalue weighted by atomic mass is 35.5. The molecule has 0 saturated heterocycles. The number of benzene rings is 1. The molecule has 0 radical (unpaired) electrons. The second kappa shape index (κ2) is 5.37. The predicted molar refractivity (Wildman–Crippen MR) is 72.5 cm³/mol. The number of nitrogens with one attached hydrogen (secondary N) is 1. The predicted octanol–water partition coefficient (Wildman–Crippen LogP) is 3.98. The molecule has 2 rings (SSSR count). The Morgan fingerprint density at radius 2 is 1.94 bits per heavy atom. The third kappa shape index (κ3) is 2.89. The number of hydrogen-bond donors (Lipinski definition) is 1. The molecule has 0 unspecified atom stereocenters. The Morgan fingerprint density at radius 1 is 1.24 bits per heavy atom. The van der Waals surface area contributed by atoms with E-state index in [0.29, 0.717) is 11.8 Å². The van der Waals surface area contributed by atoms with Gasteiger partial charge >= 0.3 is 0 Å². The molecule has 1 N–H and O–H groups in total. The molecule has 3 heteroatoms. The van der Waals surface area contributed by atoms with Crippen molar-refractivity contribution in [3.63, 3.8) is 0 Å². The minimum atomic E-state index is 0.567. The SMILES string of the molecule is CC(C)c1ccc(-c2cnc(CCCl)[nH]2)cc1. The fraction of sp³-hybridized carbons (Fsp3) is 0.357. The molecule has 0 aliphatic carbocycles. The second-order valence-electron chi connectivity index (χ2n) is 4.46. The first-order chi connectivity index (χ1) is 8.20. The summed E-state index contributed by atoms with van der Waals surface area (Å²) in [5, 5.41) is 0. The van der Waals surface area contributed by atoms with Gasteiger partial charge in [-0.2, -0.15) is 0 Å². The molecule has 2 nitrogen and oxygen atoms in total. The lowest BCUT2D eigenvalue weighted by atomic mass is 10.0. The smallest absolute Gasteiger partial charge is 0.107 e. The maximum Gasteiger partial charge on any atom is 0.107 e. The zero-order valence-electron chi connectivity index (χ0n) is 10.2. The second-order valence-corrected chi connectivity index (χ2v) is 4.84. The van der Waals surface area contributed by atoms with Crippen molar-refractivity contribution in [3.05, 3.63) is 41.9 Å². The van der Waals surface area contributed by atoms with E-state index < -0.39 is 0 Å². The van der Waals surface area contributed by atoms with E-state index in [1.54, 1.807) is 0 Å². The molecule has 1 aromatic heterocycles. The van der Waals surface area contributed by atoms with E-state index >= 15 is 0 Å². The number of alkyl halides is 1. The van der Waals surface area contributed by atoms with Gasteiger partial charge in [0.1, 0.15) is 5.82 Å². The highest BCUT2D eigenvalue weighted by Crippen LogP contribution is 2.21. The van der Waals surface area contributed by atoms with Crippen LogP contribution in [-0.2, 0) is 6.42 Å². The van der Waals surface area contributed by atoms with Crippen molar-refractivity contribution in [2.45, 2.75) is 26.2 Å². The molecule has 0 atom stereocenters. The third-order valence-corrected chi connectivity index (χ3v) is 3.04. The van der Waals surface area contributed by atoms with Crippen LogP contribution in [0.5, 0.6) is 0 Å². The number of aryl methyl sites for hydroxylation is 1. The van der Waals surface area contributed by atoms with Gasteiger partial charge in [-0.15, -0.1) is 11.6 Å². The van der Waals surface area contributed by atoms with Crippen LogP contribution in [0.2, 0.25) is 0 Å². The van der Waals surface area contributed by atoms with Crippen LogP contribution in [0.1, 0.15) is 31.2 Å². The van der Waals surface area contributed by atoms with E-state index in [0.717, 1.165) is 17.9 Å². The van der Waals surface area contributed by atoms with Crippen LogP contribution in [0.25, 0.3) is 11.3 Å². The summed E-state index contributed by atoms with van der Waals surface area (Å²) >= 11 is 5.69. The standard InChI is InChI=1S/C14H17ClN2/c1-10(2)11-3-5-12(6-4-11)13-9-16-14(17-13)7-8-15/h3-6,9-10H,7-8H2,1-2H3,(H,16,17). The minimum Gasteiger partial charge on any atom is -0.342 e. The molecule has 1 heterocycles. The molecule has 0 fully saturated rings. The Hall–Kier alpha value is -1.28. The lowest BCUT2D eigenvalue weighted by Gasteiger charge is -2.05. The Bertz CT molecular complexity index is 471. The molecule has 0 aliphatic heterocycles. The van der Waals surface area contributed by atoms with Crippen LogP contribution in [0.3, 0.4) is 0 Å².